The molecule has 0 amide bonds. The average Bonchev–Trinajstić information content (AvgIpc) is 2.79. The van der Waals surface area contributed by atoms with E-state index in [2.05, 4.69) is 4.98 Å². The molecule has 2 nitrogen and oxygen atoms in total. The predicted molar refractivity (Wildman–Crippen MR) is 79.1 cm³/mol. The number of fused-ring (bicyclic) bond motifs is 1. The fourth-order valence-electron chi connectivity index (χ4n) is 1.95. The lowest BCUT2D eigenvalue weighted by Crippen LogP contribution is -1.95. The summed E-state index contributed by atoms with van der Waals surface area (Å²) in [7, 11) is 0. The van der Waals surface area contributed by atoms with Gasteiger partial charge in [-0.05, 0) is 35.7 Å². The molecule has 0 aliphatic rings. The minimum atomic E-state index is 0.441. The molecule has 19 heavy (non-hydrogen) atoms. The van der Waals surface area contributed by atoms with Crippen LogP contribution in [0.3, 0.4) is 0 Å². The van der Waals surface area contributed by atoms with Crippen molar-refractivity contribution in [2.75, 3.05) is 0 Å². The lowest BCUT2D eigenvalue weighted by atomic mass is 10.2. The molecule has 0 atom stereocenters. The van der Waals surface area contributed by atoms with E-state index in [1.54, 1.807) is 0 Å². The quantitative estimate of drug-likeness (QED) is 0.717. The number of H-pyrrole nitrogens is 1. The first-order valence-electron chi connectivity index (χ1n) is 5.87. The van der Waals surface area contributed by atoms with E-state index in [-0.39, 0.29) is 0 Å². The van der Waals surface area contributed by atoms with Crippen LogP contribution >= 0.6 is 23.2 Å². The molecule has 3 aromatic rings. The van der Waals surface area contributed by atoms with Crippen molar-refractivity contribution in [2.45, 2.75) is 6.61 Å². The van der Waals surface area contributed by atoms with Crippen LogP contribution in [-0.2, 0) is 6.61 Å². The summed E-state index contributed by atoms with van der Waals surface area (Å²) in [6, 6.07) is 15.2. The Morgan fingerprint density at radius 2 is 1.84 bits per heavy atom. The molecule has 2 aromatic carbocycles. The number of para-hydroxylation sites is 1. The van der Waals surface area contributed by atoms with Gasteiger partial charge >= 0.3 is 0 Å². The van der Waals surface area contributed by atoms with Crippen LogP contribution in [0.15, 0.2) is 48.5 Å². The second kappa shape index (κ2) is 5.16. The van der Waals surface area contributed by atoms with Crippen molar-refractivity contribution in [1.82, 2.24) is 4.98 Å². The number of aromatic nitrogens is 1. The van der Waals surface area contributed by atoms with Crippen LogP contribution < -0.4 is 4.74 Å². The normalized spacial score (nSPS) is 10.8. The SMILES string of the molecule is Clc1ccc2cc(COc3ccccc3Cl)[nH]c2c1. The highest BCUT2D eigenvalue weighted by Crippen LogP contribution is 2.25. The molecule has 96 valence electrons. The van der Waals surface area contributed by atoms with Crippen molar-refractivity contribution in [1.29, 1.82) is 0 Å². The Labute approximate surface area is 120 Å². The Balaban J connectivity index is 1.80. The number of ether oxygens (including phenoxy) is 1. The minimum absolute atomic E-state index is 0.441. The second-order valence-corrected chi connectivity index (χ2v) is 5.09. The summed E-state index contributed by atoms with van der Waals surface area (Å²) >= 11 is 12.0. The molecular weight excluding hydrogens is 281 g/mol. The predicted octanol–water partition coefficient (Wildman–Crippen LogP) is 5.05. The van der Waals surface area contributed by atoms with Crippen molar-refractivity contribution in [3.8, 4) is 5.75 Å². The van der Waals surface area contributed by atoms with Gasteiger partial charge in [-0.3, -0.25) is 0 Å². The summed E-state index contributed by atoms with van der Waals surface area (Å²) in [6.07, 6.45) is 0. The van der Waals surface area contributed by atoms with E-state index in [0.717, 1.165) is 16.6 Å². The van der Waals surface area contributed by atoms with Crippen molar-refractivity contribution < 1.29 is 4.74 Å². The first-order chi connectivity index (χ1) is 9.22. The Kier molecular flexibility index (Phi) is 3.36. The Morgan fingerprint density at radius 3 is 2.68 bits per heavy atom. The Bertz CT molecular complexity index is 721. The second-order valence-electron chi connectivity index (χ2n) is 4.25. The van der Waals surface area contributed by atoms with Gasteiger partial charge in [-0.15, -0.1) is 0 Å². The van der Waals surface area contributed by atoms with Gasteiger partial charge in [0.25, 0.3) is 0 Å². The topological polar surface area (TPSA) is 25.0 Å². The Hall–Kier alpha value is -1.64. The van der Waals surface area contributed by atoms with Gasteiger partial charge in [0.1, 0.15) is 12.4 Å². The van der Waals surface area contributed by atoms with Crippen molar-refractivity contribution >= 4 is 34.1 Å². The minimum Gasteiger partial charge on any atom is -0.486 e. The maximum atomic E-state index is 6.04. The zero-order valence-corrected chi connectivity index (χ0v) is 11.5. The molecule has 1 N–H and O–H groups in total. The molecule has 4 heteroatoms. The van der Waals surface area contributed by atoms with Gasteiger partial charge in [-0.1, -0.05) is 41.4 Å². The third kappa shape index (κ3) is 2.70. The highest BCUT2D eigenvalue weighted by atomic mass is 35.5. The number of aromatic amines is 1. The summed E-state index contributed by atoms with van der Waals surface area (Å²) in [6.45, 7) is 0.441. The maximum Gasteiger partial charge on any atom is 0.138 e. The maximum absolute atomic E-state index is 6.04. The van der Waals surface area contributed by atoms with Gasteiger partial charge in [-0.25, -0.2) is 0 Å². The van der Waals surface area contributed by atoms with E-state index in [0.29, 0.717) is 22.4 Å². The third-order valence-electron chi connectivity index (χ3n) is 2.86. The first kappa shape index (κ1) is 12.4. The smallest absolute Gasteiger partial charge is 0.138 e. The standard InChI is InChI=1S/C15H11Cl2NO/c16-11-6-5-10-7-12(18-14(10)8-11)9-19-15-4-2-1-3-13(15)17/h1-8,18H,9H2. The molecule has 0 saturated carbocycles. The van der Waals surface area contributed by atoms with Gasteiger partial charge in [0.05, 0.1) is 10.7 Å². The van der Waals surface area contributed by atoms with Crippen molar-refractivity contribution in [3.05, 3.63) is 64.3 Å². The number of benzene rings is 2. The average molecular weight is 292 g/mol. The number of hydrogen-bond donors (Lipinski definition) is 1. The molecule has 3 rings (SSSR count). The molecule has 1 heterocycles. The van der Waals surface area contributed by atoms with Gasteiger partial charge in [0.15, 0.2) is 0 Å². The number of hydrogen-bond acceptors (Lipinski definition) is 1. The van der Waals surface area contributed by atoms with E-state index in [9.17, 15) is 0 Å². The fourth-order valence-corrected chi connectivity index (χ4v) is 2.32. The number of rotatable bonds is 3. The first-order valence-corrected chi connectivity index (χ1v) is 6.62. The van der Waals surface area contributed by atoms with Crippen molar-refractivity contribution in [2.24, 2.45) is 0 Å². The van der Waals surface area contributed by atoms with Crippen LogP contribution in [0.25, 0.3) is 10.9 Å². The summed E-state index contributed by atoms with van der Waals surface area (Å²) in [5.41, 5.74) is 1.99. The molecule has 1 aromatic heterocycles. The summed E-state index contributed by atoms with van der Waals surface area (Å²) in [4.78, 5) is 3.27. The van der Waals surface area contributed by atoms with Gasteiger partial charge in [0.2, 0.25) is 0 Å². The highest BCUT2D eigenvalue weighted by Gasteiger charge is 2.04. The van der Waals surface area contributed by atoms with Crippen molar-refractivity contribution in [3.63, 3.8) is 0 Å². The third-order valence-corrected chi connectivity index (χ3v) is 3.41. The summed E-state index contributed by atoms with van der Waals surface area (Å²) in [5.74, 6) is 0.681. The molecule has 0 radical (unpaired) electrons. The van der Waals surface area contributed by atoms with Crippen LogP contribution in [0.5, 0.6) is 5.75 Å². The molecule has 0 unspecified atom stereocenters. The van der Waals surface area contributed by atoms with E-state index in [1.165, 1.54) is 0 Å². The number of nitrogens with one attached hydrogen (secondary N) is 1. The van der Waals surface area contributed by atoms with Crippen LogP contribution in [0.1, 0.15) is 5.69 Å². The summed E-state index contributed by atoms with van der Waals surface area (Å²) < 4.78 is 5.69. The molecular formula is C15H11Cl2NO. The molecule has 0 spiro atoms. The van der Waals surface area contributed by atoms with E-state index >= 15 is 0 Å². The van der Waals surface area contributed by atoms with Crippen LogP contribution in [0.2, 0.25) is 10.0 Å². The lowest BCUT2D eigenvalue weighted by Gasteiger charge is -2.05. The van der Waals surface area contributed by atoms with E-state index in [1.807, 2.05) is 48.5 Å². The molecule has 0 fully saturated rings. The van der Waals surface area contributed by atoms with Crippen LogP contribution in [0, 0.1) is 0 Å². The van der Waals surface area contributed by atoms with Crippen LogP contribution in [0.4, 0.5) is 0 Å². The lowest BCUT2D eigenvalue weighted by molar-refractivity contribution is 0.302. The van der Waals surface area contributed by atoms with Crippen LogP contribution in [-0.4, -0.2) is 4.98 Å². The molecule has 0 saturated heterocycles. The number of halogens is 2. The zero-order chi connectivity index (χ0) is 13.2. The fraction of sp³-hybridized carbons (Fsp3) is 0.0667. The van der Waals surface area contributed by atoms with Gasteiger partial charge < -0.3 is 9.72 Å². The molecule has 0 aliphatic heterocycles. The van der Waals surface area contributed by atoms with Gasteiger partial charge in [0, 0.05) is 10.5 Å². The monoisotopic (exact) mass is 291 g/mol. The largest absolute Gasteiger partial charge is 0.486 e. The summed E-state index contributed by atoms with van der Waals surface area (Å²) in [5, 5.41) is 2.44. The highest BCUT2D eigenvalue weighted by molar-refractivity contribution is 6.32. The molecule has 0 bridgehead atoms. The Morgan fingerprint density at radius 1 is 1.00 bits per heavy atom. The zero-order valence-electron chi connectivity index (χ0n) is 9.99. The molecule has 0 aliphatic carbocycles. The van der Waals surface area contributed by atoms with Gasteiger partial charge in [-0.2, -0.15) is 0 Å². The van der Waals surface area contributed by atoms with E-state index in [4.69, 9.17) is 27.9 Å². The van der Waals surface area contributed by atoms with E-state index < -0.39 is 0 Å².